The van der Waals surface area contributed by atoms with Crippen LogP contribution in [0.4, 0.5) is 11.5 Å². The second-order valence-electron chi connectivity index (χ2n) is 6.85. The number of hydrogen-bond acceptors (Lipinski definition) is 6. The minimum atomic E-state index is -0.529. The zero-order chi connectivity index (χ0) is 23.4. The maximum atomic E-state index is 12.6. The maximum absolute atomic E-state index is 12.6. The summed E-state index contributed by atoms with van der Waals surface area (Å²) in [6, 6.07) is 16.5. The van der Waals surface area contributed by atoms with E-state index < -0.39 is 10.8 Å². The average Bonchev–Trinajstić information content (AvgIpc) is 3.41. The third-order valence-electron chi connectivity index (χ3n) is 4.56. The number of nitro groups is 1. The predicted octanol–water partition coefficient (Wildman–Crippen LogP) is 5.68. The van der Waals surface area contributed by atoms with Crippen LogP contribution in [-0.4, -0.2) is 20.6 Å². The zero-order valence-electron chi connectivity index (χ0n) is 16.9. The number of amides is 1. The smallest absolute Gasteiger partial charge is 0.310 e. The first-order valence-corrected chi connectivity index (χ1v) is 10.8. The summed E-state index contributed by atoms with van der Waals surface area (Å²) in [6.07, 6.45) is 1.73. The fourth-order valence-electron chi connectivity index (χ4n) is 2.99. The van der Waals surface area contributed by atoms with Gasteiger partial charge in [0.25, 0.3) is 5.91 Å². The van der Waals surface area contributed by atoms with Crippen LogP contribution >= 0.6 is 27.5 Å². The van der Waals surface area contributed by atoms with Gasteiger partial charge in [0.2, 0.25) is 0 Å². The molecule has 0 aliphatic rings. The third-order valence-corrected chi connectivity index (χ3v) is 5.51. The van der Waals surface area contributed by atoms with Gasteiger partial charge in [0.05, 0.1) is 15.9 Å². The maximum Gasteiger partial charge on any atom is 0.310 e. The highest BCUT2D eigenvalue weighted by atomic mass is 79.9. The Hall–Kier alpha value is -3.63. The largest absolute Gasteiger partial charge is 0.479 e. The molecule has 0 atom stereocenters. The number of hydrogen-bond donors (Lipinski definition) is 1. The Balaban J connectivity index is 1.40. The number of nitro benzene ring substituents is 1. The normalized spacial score (nSPS) is 10.7. The highest BCUT2D eigenvalue weighted by Crippen LogP contribution is 2.27. The van der Waals surface area contributed by atoms with Crippen LogP contribution in [0.1, 0.15) is 21.9 Å². The van der Waals surface area contributed by atoms with Crippen LogP contribution in [0.3, 0.4) is 0 Å². The summed E-state index contributed by atoms with van der Waals surface area (Å²) >= 11 is 9.59. The molecule has 0 saturated heterocycles. The number of nitrogens with one attached hydrogen (secondary N) is 1. The van der Waals surface area contributed by atoms with E-state index in [4.69, 9.17) is 20.8 Å². The van der Waals surface area contributed by atoms with Gasteiger partial charge in [-0.15, -0.1) is 0 Å². The van der Waals surface area contributed by atoms with Gasteiger partial charge in [-0.3, -0.25) is 19.6 Å². The van der Waals surface area contributed by atoms with Crippen molar-refractivity contribution in [3.05, 3.63) is 104 Å². The molecule has 4 aromatic rings. The standard InChI is InChI=1S/C22H16BrClN4O5/c23-16-12-27(11-14-5-1-2-6-17(14)24)26-21(16)25-22(29)20-10-9-15(33-20)13-32-19-8-4-3-7-18(19)28(30)31/h1-10,12H,11,13H2,(H,25,26,29). The topological polar surface area (TPSA) is 112 Å². The lowest BCUT2D eigenvalue weighted by Crippen LogP contribution is -2.12. The van der Waals surface area contributed by atoms with Crippen molar-refractivity contribution in [2.24, 2.45) is 0 Å². The molecule has 1 N–H and O–H groups in total. The summed E-state index contributed by atoms with van der Waals surface area (Å²) < 4.78 is 13.2. The monoisotopic (exact) mass is 530 g/mol. The van der Waals surface area contributed by atoms with Gasteiger partial charge in [-0.05, 0) is 45.8 Å². The zero-order valence-corrected chi connectivity index (χ0v) is 19.2. The summed E-state index contributed by atoms with van der Waals surface area (Å²) in [4.78, 5) is 23.1. The van der Waals surface area contributed by atoms with E-state index in [1.807, 2.05) is 18.2 Å². The molecule has 0 bridgehead atoms. The lowest BCUT2D eigenvalue weighted by atomic mass is 10.2. The quantitative estimate of drug-likeness (QED) is 0.231. The molecule has 0 spiro atoms. The number of carbonyl (C=O) groups is 1. The molecule has 0 aliphatic heterocycles. The van der Waals surface area contributed by atoms with Crippen molar-refractivity contribution < 1.29 is 18.9 Å². The highest BCUT2D eigenvalue weighted by Gasteiger charge is 2.18. The Morgan fingerprint density at radius 3 is 2.73 bits per heavy atom. The molecular weight excluding hydrogens is 516 g/mol. The summed E-state index contributed by atoms with van der Waals surface area (Å²) in [5.74, 6) is 0.306. The number of ether oxygens (including phenoxy) is 1. The molecular formula is C22H16BrClN4O5. The number of halogens is 2. The molecule has 0 fully saturated rings. The van der Waals surface area contributed by atoms with E-state index in [9.17, 15) is 14.9 Å². The Bertz CT molecular complexity index is 1320. The van der Waals surface area contributed by atoms with Gasteiger partial charge in [0.1, 0.15) is 12.4 Å². The van der Waals surface area contributed by atoms with Gasteiger partial charge >= 0.3 is 5.69 Å². The third kappa shape index (κ3) is 5.41. The lowest BCUT2D eigenvalue weighted by molar-refractivity contribution is -0.386. The molecule has 2 heterocycles. The highest BCUT2D eigenvalue weighted by molar-refractivity contribution is 9.10. The number of para-hydroxylation sites is 2. The molecule has 1 amide bonds. The number of rotatable bonds is 8. The van der Waals surface area contributed by atoms with Crippen molar-refractivity contribution in [2.75, 3.05) is 5.32 Å². The number of aromatic nitrogens is 2. The molecule has 0 aliphatic carbocycles. The molecule has 0 radical (unpaired) electrons. The number of anilines is 1. The number of nitrogens with zero attached hydrogens (tertiary/aromatic N) is 3. The van der Waals surface area contributed by atoms with Gasteiger partial charge in [-0.2, -0.15) is 5.10 Å². The van der Waals surface area contributed by atoms with Crippen LogP contribution < -0.4 is 10.1 Å². The fraction of sp³-hybridized carbons (Fsp3) is 0.0909. The van der Waals surface area contributed by atoms with E-state index in [-0.39, 0.29) is 23.8 Å². The van der Waals surface area contributed by atoms with Crippen LogP contribution in [-0.2, 0) is 13.2 Å². The average molecular weight is 532 g/mol. The SMILES string of the molecule is O=C(Nc1nn(Cc2ccccc2Cl)cc1Br)c1ccc(COc2ccccc2[N+](=O)[O-])o1. The first-order chi connectivity index (χ1) is 15.9. The van der Waals surface area contributed by atoms with Gasteiger partial charge in [-0.25, -0.2) is 0 Å². The van der Waals surface area contributed by atoms with Crippen LogP contribution in [0.15, 0.2) is 75.8 Å². The second kappa shape index (κ2) is 9.88. The summed E-state index contributed by atoms with van der Waals surface area (Å²) in [7, 11) is 0. The Morgan fingerprint density at radius 2 is 1.94 bits per heavy atom. The first-order valence-electron chi connectivity index (χ1n) is 9.63. The van der Waals surface area contributed by atoms with Crippen molar-refractivity contribution in [1.29, 1.82) is 0 Å². The van der Waals surface area contributed by atoms with Crippen LogP contribution in [0.5, 0.6) is 5.75 Å². The van der Waals surface area contributed by atoms with E-state index in [2.05, 4.69) is 26.3 Å². The van der Waals surface area contributed by atoms with E-state index >= 15 is 0 Å². The number of carbonyl (C=O) groups excluding carboxylic acids is 1. The van der Waals surface area contributed by atoms with Gasteiger partial charge in [0.15, 0.2) is 17.3 Å². The molecule has 11 heteroatoms. The van der Waals surface area contributed by atoms with Gasteiger partial charge in [0, 0.05) is 17.3 Å². The van der Waals surface area contributed by atoms with E-state index in [0.29, 0.717) is 27.6 Å². The molecule has 33 heavy (non-hydrogen) atoms. The van der Waals surface area contributed by atoms with E-state index in [1.54, 1.807) is 35.1 Å². The van der Waals surface area contributed by atoms with E-state index in [1.165, 1.54) is 18.2 Å². The summed E-state index contributed by atoms with van der Waals surface area (Å²) in [5, 5.41) is 18.8. The van der Waals surface area contributed by atoms with Crippen molar-refractivity contribution in [1.82, 2.24) is 9.78 Å². The predicted molar refractivity (Wildman–Crippen MR) is 125 cm³/mol. The molecule has 2 aromatic carbocycles. The van der Waals surface area contributed by atoms with Crippen molar-refractivity contribution >= 4 is 44.9 Å². The van der Waals surface area contributed by atoms with Crippen molar-refractivity contribution in [2.45, 2.75) is 13.2 Å². The summed E-state index contributed by atoms with van der Waals surface area (Å²) in [6.45, 7) is 0.357. The molecule has 168 valence electrons. The van der Waals surface area contributed by atoms with Gasteiger partial charge in [-0.1, -0.05) is 41.9 Å². The molecule has 0 saturated carbocycles. The minimum Gasteiger partial charge on any atom is -0.479 e. The first kappa shape index (κ1) is 22.6. The minimum absolute atomic E-state index is 0.0451. The Labute approximate surface area is 201 Å². The molecule has 4 rings (SSSR count). The van der Waals surface area contributed by atoms with Crippen molar-refractivity contribution in [3.63, 3.8) is 0 Å². The molecule has 0 unspecified atom stereocenters. The summed E-state index contributed by atoms with van der Waals surface area (Å²) in [5.41, 5.74) is 0.737. The van der Waals surface area contributed by atoms with E-state index in [0.717, 1.165) is 5.56 Å². The number of furan rings is 1. The van der Waals surface area contributed by atoms with Crippen LogP contribution in [0.25, 0.3) is 0 Å². The molecule has 2 aromatic heterocycles. The second-order valence-corrected chi connectivity index (χ2v) is 8.11. The lowest BCUT2D eigenvalue weighted by Gasteiger charge is -2.05. The van der Waals surface area contributed by atoms with Gasteiger partial charge < -0.3 is 14.5 Å². The Kier molecular flexibility index (Phi) is 6.76. The van der Waals surface area contributed by atoms with Crippen LogP contribution in [0.2, 0.25) is 5.02 Å². The van der Waals surface area contributed by atoms with Crippen molar-refractivity contribution in [3.8, 4) is 5.75 Å². The van der Waals surface area contributed by atoms with Crippen LogP contribution in [0, 0.1) is 10.1 Å². The molecule has 9 nitrogen and oxygen atoms in total. The Morgan fingerprint density at radius 1 is 1.18 bits per heavy atom. The number of benzene rings is 2. The fourth-order valence-corrected chi connectivity index (χ4v) is 3.60.